The SMILES string of the molecule is Nc1nccc2ccc(C3=CCN(C(=O)c4ccc(-c5ccncc5)cc4)CC3)cc12. The molecular weight excluding hydrogens is 384 g/mol. The molecule has 5 rings (SSSR count). The summed E-state index contributed by atoms with van der Waals surface area (Å²) in [6.07, 6.45) is 8.22. The number of carbonyl (C=O) groups excluding carboxylic acids is 1. The molecule has 2 aromatic carbocycles. The van der Waals surface area contributed by atoms with Crippen LogP contribution in [0.15, 0.2) is 85.3 Å². The largest absolute Gasteiger partial charge is 0.383 e. The highest BCUT2D eigenvalue weighted by molar-refractivity contribution is 5.96. The maximum absolute atomic E-state index is 13.0. The molecular formula is C26H22N4O. The molecule has 1 aliphatic heterocycles. The summed E-state index contributed by atoms with van der Waals surface area (Å²) in [7, 11) is 0. The van der Waals surface area contributed by atoms with Crippen molar-refractivity contribution in [2.45, 2.75) is 6.42 Å². The summed E-state index contributed by atoms with van der Waals surface area (Å²) in [4.78, 5) is 23.1. The van der Waals surface area contributed by atoms with E-state index in [1.54, 1.807) is 18.6 Å². The summed E-state index contributed by atoms with van der Waals surface area (Å²) in [6.45, 7) is 1.29. The standard InChI is InChI=1S/C26H22N4O/c27-25-24-17-23(6-3-21(24)9-14-29-25)20-10-15-30(16-11-20)26(31)22-4-1-18(2-5-22)19-7-12-28-13-8-19/h1-10,12-14,17H,11,15-16H2,(H2,27,29). The number of fused-ring (bicyclic) bond motifs is 1. The van der Waals surface area contributed by atoms with Crippen molar-refractivity contribution in [1.29, 1.82) is 0 Å². The number of hydrogen-bond donors (Lipinski definition) is 1. The predicted molar refractivity (Wildman–Crippen MR) is 124 cm³/mol. The first-order chi connectivity index (χ1) is 15.2. The van der Waals surface area contributed by atoms with E-state index in [4.69, 9.17) is 5.73 Å². The van der Waals surface area contributed by atoms with Gasteiger partial charge >= 0.3 is 0 Å². The maximum Gasteiger partial charge on any atom is 0.254 e. The van der Waals surface area contributed by atoms with Crippen LogP contribution in [0.3, 0.4) is 0 Å². The Morgan fingerprint density at radius 2 is 1.61 bits per heavy atom. The van der Waals surface area contributed by atoms with Gasteiger partial charge in [0.25, 0.3) is 5.91 Å². The molecule has 5 heteroatoms. The fourth-order valence-corrected chi connectivity index (χ4v) is 4.04. The number of benzene rings is 2. The van der Waals surface area contributed by atoms with E-state index < -0.39 is 0 Å². The van der Waals surface area contributed by atoms with E-state index in [1.807, 2.05) is 47.4 Å². The van der Waals surface area contributed by atoms with Crippen LogP contribution < -0.4 is 5.73 Å². The molecule has 5 nitrogen and oxygen atoms in total. The minimum absolute atomic E-state index is 0.0588. The Labute approximate surface area is 180 Å². The molecule has 2 aromatic heterocycles. The molecule has 0 fully saturated rings. The first-order valence-electron chi connectivity index (χ1n) is 10.3. The normalized spacial score (nSPS) is 13.8. The lowest BCUT2D eigenvalue weighted by atomic mass is 9.96. The summed E-state index contributed by atoms with van der Waals surface area (Å²) in [5.74, 6) is 0.603. The Kier molecular flexibility index (Phi) is 4.92. The van der Waals surface area contributed by atoms with Crippen LogP contribution >= 0.6 is 0 Å². The highest BCUT2D eigenvalue weighted by Gasteiger charge is 2.19. The number of nitrogen functional groups attached to an aromatic ring is 1. The Balaban J connectivity index is 1.31. The zero-order valence-electron chi connectivity index (χ0n) is 17.0. The van der Waals surface area contributed by atoms with Gasteiger partial charge in [0.2, 0.25) is 0 Å². The lowest BCUT2D eigenvalue weighted by Gasteiger charge is -2.27. The van der Waals surface area contributed by atoms with Gasteiger partial charge in [-0.2, -0.15) is 0 Å². The quantitative estimate of drug-likeness (QED) is 0.530. The second-order valence-electron chi connectivity index (χ2n) is 7.68. The Hall–Kier alpha value is -3.99. The van der Waals surface area contributed by atoms with Crippen molar-refractivity contribution >= 4 is 28.1 Å². The molecule has 0 unspecified atom stereocenters. The van der Waals surface area contributed by atoms with E-state index >= 15 is 0 Å². The summed E-state index contributed by atoms with van der Waals surface area (Å²) >= 11 is 0. The summed E-state index contributed by atoms with van der Waals surface area (Å²) in [5, 5.41) is 2.05. The fraction of sp³-hybridized carbons (Fsp3) is 0.115. The zero-order chi connectivity index (χ0) is 21.2. The summed E-state index contributed by atoms with van der Waals surface area (Å²) in [6, 6.07) is 19.9. The van der Waals surface area contributed by atoms with Crippen LogP contribution in [-0.4, -0.2) is 33.9 Å². The van der Waals surface area contributed by atoms with Crippen molar-refractivity contribution in [2.75, 3.05) is 18.8 Å². The van der Waals surface area contributed by atoms with Gasteiger partial charge < -0.3 is 10.6 Å². The van der Waals surface area contributed by atoms with E-state index in [9.17, 15) is 4.79 Å². The Bertz CT molecular complexity index is 1280. The average molecular weight is 406 g/mol. The summed E-state index contributed by atoms with van der Waals surface area (Å²) < 4.78 is 0. The van der Waals surface area contributed by atoms with Gasteiger partial charge in [-0.05, 0) is 70.5 Å². The number of nitrogens with zero attached hydrogens (tertiary/aromatic N) is 3. The molecule has 3 heterocycles. The van der Waals surface area contributed by atoms with Gasteiger partial charge in [0.1, 0.15) is 5.82 Å². The summed E-state index contributed by atoms with van der Waals surface area (Å²) in [5.41, 5.74) is 11.3. The molecule has 0 bridgehead atoms. The van der Waals surface area contributed by atoms with Crippen molar-refractivity contribution in [3.8, 4) is 11.1 Å². The second-order valence-corrected chi connectivity index (χ2v) is 7.68. The number of aromatic nitrogens is 2. The Morgan fingerprint density at radius 3 is 2.35 bits per heavy atom. The monoisotopic (exact) mass is 406 g/mol. The van der Waals surface area contributed by atoms with Gasteiger partial charge in [-0.15, -0.1) is 0 Å². The molecule has 0 spiro atoms. The van der Waals surface area contributed by atoms with Crippen LogP contribution in [0, 0.1) is 0 Å². The van der Waals surface area contributed by atoms with Gasteiger partial charge in [-0.3, -0.25) is 9.78 Å². The van der Waals surface area contributed by atoms with Gasteiger partial charge in [0.15, 0.2) is 0 Å². The zero-order valence-corrected chi connectivity index (χ0v) is 17.0. The molecule has 1 aliphatic rings. The third-order valence-corrected chi connectivity index (χ3v) is 5.81. The van der Waals surface area contributed by atoms with E-state index in [-0.39, 0.29) is 5.91 Å². The molecule has 31 heavy (non-hydrogen) atoms. The van der Waals surface area contributed by atoms with Crippen LogP contribution in [0.25, 0.3) is 27.5 Å². The van der Waals surface area contributed by atoms with Crippen molar-refractivity contribution in [1.82, 2.24) is 14.9 Å². The fourth-order valence-electron chi connectivity index (χ4n) is 4.04. The van der Waals surface area contributed by atoms with E-state index in [1.165, 1.54) is 5.57 Å². The van der Waals surface area contributed by atoms with Crippen LogP contribution in [0.4, 0.5) is 5.82 Å². The van der Waals surface area contributed by atoms with Crippen LogP contribution in [0.5, 0.6) is 0 Å². The maximum atomic E-state index is 13.0. The average Bonchev–Trinajstić information content (AvgIpc) is 2.84. The van der Waals surface area contributed by atoms with Crippen molar-refractivity contribution in [3.63, 3.8) is 0 Å². The lowest BCUT2D eigenvalue weighted by Crippen LogP contribution is -2.34. The molecule has 0 saturated carbocycles. The van der Waals surface area contributed by atoms with Crippen LogP contribution in [0.1, 0.15) is 22.3 Å². The minimum atomic E-state index is 0.0588. The third kappa shape index (κ3) is 3.78. The number of rotatable bonds is 3. The number of hydrogen-bond acceptors (Lipinski definition) is 4. The lowest BCUT2D eigenvalue weighted by molar-refractivity contribution is 0.0773. The Morgan fingerprint density at radius 1 is 0.871 bits per heavy atom. The number of amides is 1. The molecule has 0 atom stereocenters. The third-order valence-electron chi connectivity index (χ3n) is 5.81. The first kappa shape index (κ1) is 19.0. The molecule has 0 aliphatic carbocycles. The van der Waals surface area contributed by atoms with Gasteiger partial charge in [-0.1, -0.05) is 30.3 Å². The van der Waals surface area contributed by atoms with Crippen LogP contribution in [0.2, 0.25) is 0 Å². The van der Waals surface area contributed by atoms with Crippen molar-refractivity contribution < 1.29 is 4.79 Å². The molecule has 0 saturated heterocycles. The molecule has 152 valence electrons. The van der Waals surface area contributed by atoms with E-state index in [2.05, 4.69) is 34.2 Å². The minimum Gasteiger partial charge on any atom is -0.383 e. The number of carbonyl (C=O) groups is 1. The van der Waals surface area contributed by atoms with E-state index in [0.29, 0.717) is 24.5 Å². The second kappa shape index (κ2) is 8.03. The van der Waals surface area contributed by atoms with Gasteiger partial charge in [-0.25, -0.2) is 4.98 Å². The van der Waals surface area contributed by atoms with Crippen molar-refractivity contribution in [2.24, 2.45) is 0 Å². The molecule has 0 radical (unpaired) electrons. The number of anilines is 1. The highest BCUT2D eigenvalue weighted by Crippen LogP contribution is 2.28. The van der Waals surface area contributed by atoms with Gasteiger partial charge in [0.05, 0.1) is 0 Å². The molecule has 1 amide bonds. The first-order valence-corrected chi connectivity index (χ1v) is 10.3. The smallest absolute Gasteiger partial charge is 0.254 e. The molecule has 2 N–H and O–H groups in total. The van der Waals surface area contributed by atoms with Crippen LogP contribution in [-0.2, 0) is 0 Å². The number of nitrogens with two attached hydrogens (primary N) is 1. The molecule has 4 aromatic rings. The van der Waals surface area contributed by atoms with Gasteiger partial charge in [0, 0.05) is 42.6 Å². The van der Waals surface area contributed by atoms with Crippen molar-refractivity contribution in [3.05, 3.63) is 96.5 Å². The number of pyridine rings is 2. The topological polar surface area (TPSA) is 72.1 Å². The highest BCUT2D eigenvalue weighted by atomic mass is 16.2. The predicted octanol–water partition coefficient (Wildman–Crippen LogP) is 4.81. The van der Waals surface area contributed by atoms with E-state index in [0.717, 1.165) is 33.9 Å².